The number of rotatable bonds is 2. The third-order valence-corrected chi connectivity index (χ3v) is 4.42. The maximum absolute atomic E-state index is 12.5. The monoisotopic (exact) mass is 260 g/mol. The number of pyridine rings is 1. The number of nitrogens with zero attached hydrogens (tertiary/aromatic N) is 2. The second-order valence-corrected chi connectivity index (χ2v) is 5.48. The Morgan fingerprint density at radius 1 is 1.32 bits per heavy atom. The Balaban J connectivity index is 1.75. The summed E-state index contributed by atoms with van der Waals surface area (Å²) in [6.07, 6.45) is 7.74. The van der Waals surface area contributed by atoms with E-state index in [9.17, 15) is 4.79 Å². The molecule has 0 spiro atoms. The highest BCUT2D eigenvalue weighted by molar-refractivity contribution is 5.93. The van der Waals surface area contributed by atoms with Gasteiger partial charge < -0.3 is 10.3 Å². The molecule has 2 atom stereocenters. The zero-order valence-electron chi connectivity index (χ0n) is 11.0. The van der Waals surface area contributed by atoms with Crippen molar-refractivity contribution >= 4 is 11.6 Å². The Bertz CT molecular complexity index is 459. The number of nitrogen functional groups attached to an aromatic ring is 1. The van der Waals surface area contributed by atoms with Crippen LogP contribution in [0.1, 0.15) is 42.6 Å². The second-order valence-electron chi connectivity index (χ2n) is 5.48. The summed E-state index contributed by atoms with van der Waals surface area (Å²) in [5, 5.41) is 0. The molecule has 3 N–H and O–H groups in total. The topological polar surface area (TPSA) is 71.2 Å². The molecule has 5 heteroatoms. The Kier molecular flexibility index (Phi) is 3.38. The minimum atomic E-state index is 0.0676. The zero-order chi connectivity index (χ0) is 13.2. The molecule has 5 nitrogen and oxygen atoms in total. The average molecular weight is 260 g/mol. The van der Waals surface area contributed by atoms with Crippen LogP contribution in [0.15, 0.2) is 18.3 Å². The number of carbonyl (C=O) groups is 1. The number of amides is 1. The number of nitrogens with one attached hydrogen (secondary N) is 1. The van der Waals surface area contributed by atoms with Gasteiger partial charge in [-0.15, -0.1) is 0 Å². The molecule has 1 saturated heterocycles. The van der Waals surface area contributed by atoms with Crippen LogP contribution in [-0.4, -0.2) is 28.4 Å². The summed E-state index contributed by atoms with van der Waals surface area (Å²) in [6, 6.07) is 3.97. The highest BCUT2D eigenvalue weighted by atomic mass is 16.2. The number of likely N-dealkylation sites (tertiary alicyclic amines) is 1. The van der Waals surface area contributed by atoms with Gasteiger partial charge in [0, 0.05) is 12.6 Å². The summed E-state index contributed by atoms with van der Waals surface area (Å²) >= 11 is 0. The molecule has 2 unspecified atom stereocenters. The SMILES string of the molecule is NNc1ccc(C(=O)N2CCC3CCCCC32)nc1. The van der Waals surface area contributed by atoms with Crippen LogP contribution in [0.2, 0.25) is 0 Å². The van der Waals surface area contributed by atoms with E-state index in [0.29, 0.717) is 23.3 Å². The Labute approximate surface area is 113 Å². The van der Waals surface area contributed by atoms with Crippen LogP contribution in [0.3, 0.4) is 0 Å². The summed E-state index contributed by atoms with van der Waals surface area (Å²) in [4.78, 5) is 18.7. The van der Waals surface area contributed by atoms with Crippen molar-refractivity contribution in [2.75, 3.05) is 12.0 Å². The fourth-order valence-corrected chi connectivity index (χ4v) is 3.41. The van der Waals surface area contributed by atoms with Gasteiger partial charge in [-0.3, -0.25) is 10.6 Å². The lowest BCUT2D eigenvalue weighted by atomic mass is 9.85. The third kappa shape index (κ3) is 2.30. The fraction of sp³-hybridized carbons (Fsp3) is 0.571. The lowest BCUT2D eigenvalue weighted by molar-refractivity contribution is 0.0684. The van der Waals surface area contributed by atoms with E-state index >= 15 is 0 Å². The smallest absolute Gasteiger partial charge is 0.272 e. The molecule has 102 valence electrons. The first kappa shape index (κ1) is 12.4. The van der Waals surface area contributed by atoms with Crippen LogP contribution in [-0.2, 0) is 0 Å². The van der Waals surface area contributed by atoms with Gasteiger partial charge in [0.1, 0.15) is 5.69 Å². The predicted molar refractivity (Wildman–Crippen MR) is 73.4 cm³/mol. The van der Waals surface area contributed by atoms with Gasteiger partial charge in [0.05, 0.1) is 11.9 Å². The van der Waals surface area contributed by atoms with Gasteiger partial charge in [0.15, 0.2) is 0 Å². The number of hydrazine groups is 1. The minimum Gasteiger partial charge on any atom is -0.334 e. The normalized spacial score (nSPS) is 26.1. The van der Waals surface area contributed by atoms with Crippen molar-refractivity contribution in [3.63, 3.8) is 0 Å². The zero-order valence-corrected chi connectivity index (χ0v) is 11.0. The van der Waals surface area contributed by atoms with E-state index in [4.69, 9.17) is 5.84 Å². The maximum atomic E-state index is 12.5. The first-order valence-corrected chi connectivity index (χ1v) is 7.03. The van der Waals surface area contributed by atoms with Gasteiger partial charge in [-0.25, -0.2) is 4.98 Å². The predicted octanol–water partition coefficient (Wildman–Crippen LogP) is 1.77. The van der Waals surface area contributed by atoms with Crippen LogP contribution < -0.4 is 11.3 Å². The summed E-state index contributed by atoms with van der Waals surface area (Å²) < 4.78 is 0. The second kappa shape index (κ2) is 5.17. The average Bonchev–Trinajstić information content (AvgIpc) is 2.90. The number of nitrogens with two attached hydrogens (primary N) is 1. The molecule has 0 bridgehead atoms. The summed E-state index contributed by atoms with van der Waals surface area (Å²) in [6.45, 7) is 0.882. The standard InChI is InChI=1S/C14H20N4O/c15-17-11-5-6-12(16-9-11)14(19)18-8-7-10-3-1-2-4-13(10)18/h5-6,9-10,13,17H,1-4,7-8,15H2. The van der Waals surface area contributed by atoms with Gasteiger partial charge in [-0.1, -0.05) is 12.8 Å². The summed E-state index contributed by atoms with van der Waals surface area (Å²) in [5.41, 5.74) is 3.76. The summed E-state index contributed by atoms with van der Waals surface area (Å²) in [5.74, 6) is 6.08. The van der Waals surface area contributed by atoms with Crippen molar-refractivity contribution in [1.29, 1.82) is 0 Å². The van der Waals surface area contributed by atoms with Crippen molar-refractivity contribution < 1.29 is 4.79 Å². The van der Waals surface area contributed by atoms with Gasteiger partial charge in [0.25, 0.3) is 5.91 Å². The molecular weight excluding hydrogens is 240 g/mol. The number of hydrogen-bond donors (Lipinski definition) is 2. The Morgan fingerprint density at radius 2 is 2.16 bits per heavy atom. The van der Waals surface area contributed by atoms with Gasteiger partial charge in [-0.2, -0.15) is 0 Å². The molecule has 1 aromatic rings. The van der Waals surface area contributed by atoms with Crippen molar-refractivity contribution in [2.45, 2.75) is 38.1 Å². The van der Waals surface area contributed by atoms with E-state index in [-0.39, 0.29) is 5.91 Å². The molecule has 1 amide bonds. The van der Waals surface area contributed by atoms with Crippen LogP contribution in [0.5, 0.6) is 0 Å². The van der Waals surface area contributed by atoms with Crippen molar-refractivity contribution in [2.24, 2.45) is 11.8 Å². The molecular formula is C14H20N4O. The first-order chi connectivity index (χ1) is 9.29. The van der Waals surface area contributed by atoms with E-state index < -0.39 is 0 Å². The molecule has 1 aliphatic carbocycles. The third-order valence-electron chi connectivity index (χ3n) is 4.42. The molecule has 0 aromatic carbocycles. The lowest BCUT2D eigenvalue weighted by Crippen LogP contribution is -2.39. The maximum Gasteiger partial charge on any atom is 0.272 e. The van der Waals surface area contributed by atoms with Crippen LogP contribution in [0, 0.1) is 5.92 Å². The van der Waals surface area contributed by atoms with E-state index in [2.05, 4.69) is 10.4 Å². The largest absolute Gasteiger partial charge is 0.334 e. The number of carbonyl (C=O) groups excluding carboxylic acids is 1. The molecule has 2 heterocycles. The molecule has 0 radical (unpaired) electrons. The first-order valence-electron chi connectivity index (χ1n) is 7.03. The Hall–Kier alpha value is -1.62. The molecule has 2 fully saturated rings. The fourth-order valence-electron chi connectivity index (χ4n) is 3.41. The van der Waals surface area contributed by atoms with Crippen LogP contribution in [0.25, 0.3) is 0 Å². The van der Waals surface area contributed by atoms with Gasteiger partial charge >= 0.3 is 0 Å². The van der Waals surface area contributed by atoms with Gasteiger partial charge in [0.2, 0.25) is 0 Å². The number of anilines is 1. The molecule has 19 heavy (non-hydrogen) atoms. The van der Waals surface area contributed by atoms with Crippen LogP contribution >= 0.6 is 0 Å². The van der Waals surface area contributed by atoms with Crippen LogP contribution in [0.4, 0.5) is 5.69 Å². The van der Waals surface area contributed by atoms with Crippen molar-refractivity contribution in [3.8, 4) is 0 Å². The van der Waals surface area contributed by atoms with Crippen molar-refractivity contribution in [1.82, 2.24) is 9.88 Å². The molecule has 3 rings (SSSR count). The number of fused-ring (bicyclic) bond motifs is 1. The molecule has 2 aliphatic rings. The van der Waals surface area contributed by atoms with Gasteiger partial charge in [-0.05, 0) is 37.3 Å². The van der Waals surface area contributed by atoms with E-state index in [1.54, 1.807) is 18.3 Å². The van der Waals surface area contributed by atoms with Crippen molar-refractivity contribution in [3.05, 3.63) is 24.0 Å². The minimum absolute atomic E-state index is 0.0676. The molecule has 1 aromatic heterocycles. The van der Waals surface area contributed by atoms with E-state index in [1.807, 2.05) is 4.90 Å². The van der Waals surface area contributed by atoms with E-state index in [1.165, 1.54) is 19.3 Å². The highest BCUT2D eigenvalue weighted by Gasteiger charge is 2.38. The number of hydrogen-bond acceptors (Lipinski definition) is 4. The lowest BCUT2D eigenvalue weighted by Gasteiger charge is -2.31. The molecule has 1 aliphatic heterocycles. The highest BCUT2D eigenvalue weighted by Crippen LogP contribution is 2.36. The quantitative estimate of drug-likeness (QED) is 0.628. The number of aromatic nitrogens is 1. The summed E-state index contributed by atoms with van der Waals surface area (Å²) in [7, 11) is 0. The Morgan fingerprint density at radius 3 is 2.89 bits per heavy atom. The van der Waals surface area contributed by atoms with E-state index in [0.717, 1.165) is 19.4 Å². The molecule has 1 saturated carbocycles.